The van der Waals surface area contributed by atoms with Crippen molar-refractivity contribution < 1.29 is 5.11 Å². The summed E-state index contributed by atoms with van der Waals surface area (Å²) in [5.41, 5.74) is 0.355. The summed E-state index contributed by atoms with van der Waals surface area (Å²) in [7, 11) is 0. The van der Waals surface area contributed by atoms with E-state index in [-0.39, 0.29) is 6.61 Å². The molecular formula is C15H22N2O. The Morgan fingerprint density at radius 2 is 1.78 bits per heavy atom. The van der Waals surface area contributed by atoms with Gasteiger partial charge < -0.3 is 9.67 Å². The molecule has 0 aromatic carbocycles. The molecule has 0 radical (unpaired) electrons. The van der Waals surface area contributed by atoms with Gasteiger partial charge in [-0.2, -0.15) is 0 Å². The molecule has 0 atom stereocenters. The molecule has 0 aliphatic heterocycles. The standard InChI is InChI=1S/C15H22N2O/c18-4-3-17-2-1-16-14(17)15-8-11-5-12(9-15)7-13(6-11)10-15/h1-2,11-13,18H,3-10H2. The molecule has 4 aliphatic carbocycles. The van der Waals surface area contributed by atoms with Gasteiger partial charge in [0.1, 0.15) is 5.82 Å². The second kappa shape index (κ2) is 3.83. The van der Waals surface area contributed by atoms with E-state index in [1.54, 1.807) is 0 Å². The van der Waals surface area contributed by atoms with Crippen molar-refractivity contribution in [3.8, 4) is 0 Å². The Hall–Kier alpha value is -0.830. The summed E-state index contributed by atoms with van der Waals surface area (Å²) >= 11 is 0. The van der Waals surface area contributed by atoms with Gasteiger partial charge in [0.15, 0.2) is 0 Å². The lowest BCUT2D eigenvalue weighted by Crippen LogP contribution is -2.49. The molecule has 3 heteroatoms. The molecule has 1 aromatic heterocycles. The number of aliphatic hydroxyl groups is 1. The molecule has 18 heavy (non-hydrogen) atoms. The summed E-state index contributed by atoms with van der Waals surface area (Å²) in [5, 5.41) is 9.20. The number of nitrogens with zero attached hydrogens (tertiary/aromatic N) is 2. The van der Waals surface area contributed by atoms with Crippen molar-refractivity contribution in [2.75, 3.05) is 6.61 Å². The highest BCUT2D eigenvalue weighted by Crippen LogP contribution is 2.60. The molecule has 4 bridgehead atoms. The van der Waals surface area contributed by atoms with Gasteiger partial charge in [-0.3, -0.25) is 0 Å². The van der Waals surface area contributed by atoms with Crippen LogP contribution in [0, 0.1) is 17.8 Å². The third-order valence-electron chi connectivity index (χ3n) is 5.57. The molecule has 0 amide bonds. The van der Waals surface area contributed by atoms with Crippen LogP contribution in [0.3, 0.4) is 0 Å². The summed E-state index contributed by atoms with van der Waals surface area (Å²) in [5.74, 6) is 4.14. The summed E-state index contributed by atoms with van der Waals surface area (Å²) in [6.07, 6.45) is 12.4. The normalized spacial score (nSPS) is 41.5. The molecule has 1 N–H and O–H groups in total. The molecule has 1 heterocycles. The average molecular weight is 246 g/mol. The number of aromatic nitrogens is 2. The minimum absolute atomic E-state index is 0.218. The number of rotatable bonds is 3. The van der Waals surface area contributed by atoms with Crippen LogP contribution in [0.4, 0.5) is 0 Å². The molecule has 4 fully saturated rings. The van der Waals surface area contributed by atoms with Gasteiger partial charge in [0, 0.05) is 24.4 Å². The van der Waals surface area contributed by atoms with Crippen molar-refractivity contribution in [1.29, 1.82) is 0 Å². The first-order valence-electron chi connectivity index (χ1n) is 7.41. The highest BCUT2D eigenvalue weighted by atomic mass is 16.3. The van der Waals surface area contributed by atoms with Gasteiger partial charge in [-0.1, -0.05) is 0 Å². The second-order valence-corrected chi connectivity index (χ2v) is 6.87. The second-order valence-electron chi connectivity index (χ2n) is 6.87. The Morgan fingerprint density at radius 1 is 1.17 bits per heavy atom. The third kappa shape index (κ3) is 1.49. The summed E-state index contributed by atoms with van der Waals surface area (Å²) < 4.78 is 2.20. The molecule has 0 saturated heterocycles. The largest absolute Gasteiger partial charge is 0.395 e. The van der Waals surface area contributed by atoms with Crippen LogP contribution in [0.1, 0.15) is 44.3 Å². The van der Waals surface area contributed by atoms with E-state index in [9.17, 15) is 5.11 Å². The predicted molar refractivity (Wildman–Crippen MR) is 69.2 cm³/mol. The molecule has 4 saturated carbocycles. The summed E-state index contributed by atoms with van der Waals surface area (Å²) in [6.45, 7) is 0.923. The van der Waals surface area contributed by atoms with Gasteiger partial charge in [0.05, 0.1) is 6.61 Å². The van der Waals surface area contributed by atoms with Gasteiger partial charge in [-0.05, 0) is 56.3 Å². The summed E-state index contributed by atoms with van der Waals surface area (Å²) in [6, 6.07) is 0. The summed E-state index contributed by atoms with van der Waals surface area (Å²) in [4.78, 5) is 4.68. The Labute approximate surface area is 108 Å². The highest BCUT2D eigenvalue weighted by molar-refractivity contribution is 5.18. The molecule has 3 nitrogen and oxygen atoms in total. The molecule has 0 unspecified atom stereocenters. The average Bonchev–Trinajstić information content (AvgIpc) is 2.76. The smallest absolute Gasteiger partial charge is 0.114 e. The molecule has 98 valence electrons. The Bertz CT molecular complexity index is 416. The van der Waals surface area contributed by atoms with Crippen LogP contribution in [-0.4, -0.2) is 21.3 Å². The maximum absolute atomic E-state index is 9.20. The third-order valence-corrected chi connectivity index (χ3v) is 5.57. The van der Waals surface area contributed by atoms with E-state index in [0.717, 1.165) is 17.8 Å². The lowest BCUT2D eigenvalue weighted by Gasteiger charge is -2.56. The quantitative estimate of drug-likeness (QED) is 0.889. The van der Waals surface area contributed by atoms with Gasteiger partial charge in [-0.15, -0.1) is 0 Å². The number of imidazole rings is 1. The van der Waals surface area contributed by atoms with Crippen molar-refractivity contribution in [2.45, 2.75) is 50.5 Å². The zero-order valence-corrected chi connectivity index (χ0v) is 10.9. The molecule has 0 spiro atoms. The van der Waals surface area contributed by atoms with Crippen molar-refractivity contribution in [3.63, 3.8) is 0 Å². The van der Waals surface area contributed by atoms with Crippen molar-refractivity contribution in [2.24, 2.45) is 17.8 Å². The van der Waals surface area contributed by atoms with Crippen molar-refractivity contribution in [1.82, 2.24) is 9.55 Å². The van der Waals surface area contributed by atoms with E-state index in [0.29, 0.717) is 12.0 Å². The van der Waals surface area contributed by atoms with Crippen molar-refractivity contribution in [3.05, 3.63) is 18.2 Å². The molecular weight excluding hydrogens is 224 g/mol. The fraction of sp³-hybridized carbons (Fsp3) is 0.800. The van der Waals surface area contributed by atoms with Gasteiger partial charge in [0.25, 0.3) is 0 Å². The van der Waals surface area contributed by atoms with Crippen molar-refractivity contribution >= 4 is 0 Å². The first-order valence-corrected chi connectivity index (χ1v) is 7.41. The minimum Gasteiger partial charge on any atom is -0.395 e. The number of aliphatic hydroxyl groups excluding tert-OH is 1. The topological polar surface area (TPSA) is 38.0 Å². The SMILES string of the molecule is OCCn1ccnc1C12CC3CC(CC(C3)C1)C2. The Morgan fingerprint density at radius 3 is 2.33 bits per heavy atom. The van der Waals surface area contributed by atoms with E-state index in [2.05, 4.69) is 9.55 Å². The van der Waals surface area contributed by atoms with E-state index in [1.807, 2.05) is 12.4 Å². The fourth-order valence-electron chi connectivity index (χ4n) is 5.44. The maximum Gasteiger partial charge on any atom is 0.114 e. The van der Waals surface area contributed by atoms with Gasteiger partial charge >= 0.3 is 0 Å². The monoisotopic (exact) mass is 246 g/mol. The van der Waals surface area contributed by atoms with Crippen LogP contribution in [-0.2, 0) is 12.0 Å². The highest BCUT2D eigenvalue weighted by Gasteiger charge is 2.53. The molecule has 5 rings (SSSR count). The van der Waals surface area contributed by atoms with E-state index in [4.69, 9.17) is 0 Å². The van der Waals surface area contributed by atoms with Crippen LogP contribution in [0.15, 0.2) is 12.4 Å². The van der Waals surface area contributed by atoms with Crippen LogP contribution in [0.25, 0.3) is 0 Å². The zero-order valence-electron chi connectivity index (χ0n) is 10.9. The van der Waals surface area contributed by atoms with E-state index < -0.39 is 0 Å². The molecule has 1 aromatic rings. The zero-order chi connectivity index (χ0) is 12.2. The first kappa shape index (κ1) is 11.0. The van der Waals surface area contributed by atoms with Crippen LogP contribution < -0.4 is 0 Å². The Balaban J connectivity index is 1.72. The van der Waals surface area contributed by atoms with Crippen LogP contribution in [0.5, 0.6) is 0 Å². The van der Waals surface area contributed by atoms with Gasteiger partial charge in [0.2, 0.25) is 0 Å². The van der Waals surface area contributed by atoms with Crippen LogP contribution >= 0.6 is 0 Å². The first-order chi connectivity index (χ1) is 8.79. The number of hydrogen-bond donors (Lipinski definition) is 1. The lowest BCUT2D eigenvalue weighted by molar-refractivity contribution is -0.0112. The fourth-order valence-corrected chi connectivity index (χ4v) is 5.44. The minimum atomic E-state index is 0.218. The Kier molecular flexibility index (Phi) is 2.35. The lowest BCUT2D eigenvalue weighted by atomic mass is 9.49. The van der Waals surface area contributed by atoms with Crippen LogP contribution in [0.2, 0.25) is 0 Å². The predicted octanol–water partition coefficient (Wildman–Crippen LogP) is 2.34. The molecule has 4 aliphatic rings. The van der Waals surface area contributed by atoms with Gasteiger partial charge in [-0.25, -0.2) is 4.98 Å². The number of hydrogen-bond acceptors (Lipinski definition) is 2. The maximum atomic E-state index is 9.20. The van der Waals surface area contributed by atoms with E-state index in [1.165, 1.54) is 44.3 Å². The van der Waals surface area contributed by atoms with E-state index >= 15 is 0 Å².